The minimum atomic E-state index is -3.74. The molecule has 7 heteroatoms. The smallest absolute Gasteiger partial charge is 0.251 e. The number of benzene rings is 2. The molecule has 0 fully saturated rings. The van der Waals surface area contributed by atoms with Crippen LogP contribution in [0.15, 0.2) is 76.0 Å². The molecule has 146 valence electrons. The van der Waals surface area contributed by atoms with E-state index >= 15 is 0 Å². The summed E-state index contributed by atoms with van der Waals surface area (Å²) >= 11 is 0. The van der Waals surface area contributed by atoms with Gasteiger partial charge in [0.05, 0.1) is 10.9 Å². The number of hydrogen-bond donors (Lipinski definition) is 2. The molecule has 3 rings (SSSR count). The van der Waals surface area contributed by atoms with Gasteiger partial charge >= 0.3 is 0 Å². The number of amides is 1. The number of sulfonamides is 1. The first-order chi connectivity index (χ1) is 13.3. The molecule has 1 unspecified atom stereocenters. The Morgan fingerprint density at radius 2 is 1.79 bits per heavy atom. The van der Waals surface area contributed by atoms with Crippen molar-refractivity contribution in [2.45, 2.75) is 31.3 Å². The highest BCUT2D eigenvalue weighted by molar-refractivity contribution is 7.89. The number of nitrogens with one attached hydrogen (secondary N) is 2. The summed E-state index contributed by atoms with van der Waals surface area (Å²) in [7, 11) is -3.74. The van der Waals surface area contributed by atoms with E-state index in [1.807, 2.05) is 43.3 Å². The van der Waals surface area contributed by atoms with Crippen LogP contribution in [0, 0.1) is 6.92 Å². The van der Waals surface area contributed by atoms with E-state index in [1.165, 1.54) is 12.1 Å². The van der Waals surface area contributed by atoms with Gasteiger partial charge in [-0.1, -0.05) is 36.4 Å². The highest BCUT2D eigenvalue weighted by atomic mass is 32.2. The summed E-state index contributed by atoms with van der Waals surface area (Å²) in [5.41, 5.74) is 1.11. The van der Waals surface area contributed by atoms with E-state index in [2.05, 4.69) is 10.0 Å². The largest absolute Gasteiger partial charge is 0.464 e. The number of aryl methyl sites for hydroxylation is 1. The van der Waals surface area contributed by atoms with E-state index < -0.39 is 10.0 Å². The average molecular weight is 398 g/mol. The maximum absolute atomic E-state index is 12.6. The molecule has 0 aliphatic heterocycles. The Morgan fingerprint density at radius 1 is 1.04 bits per heavy atom. The van der Waals surface area contributed by atoms with E-state index in [4.69, 9.17) is 4.42 Å². The van der Waals surface area contributed by atoms with Gasteiger partial charge in [-0.05, 0) is 49.7 Å². The van der Waals surface area contributed by atoms with Gasteiger partial charge in [0.25, 0.3) is 5.91 Å². The number of carbonyl (C=O) groups excluding carboxylic acids is 1. The normalized spacial score (nSPS) is 12.5. The summed E-state index contributed by atoms with van der Waals surface area (Å²) in [5, 5.41) is 2.81. The van der Waals surface area contributed by atoms with Crippen LogP contribution >= 0.6 is 0 Å². The second kappa shape index (κ2) is 8.41. The molecular formula is C21H22N2O4S. The van der Waals surface area contributed by atoms with Crippen LogP contribution in [0.5, 0.6) is 0 Å². The van der Waals surface area contributed by atoms with Crippen molar-refractivity contribution in [2.75, 3.05) is 0 Å². The maximum Gasteiger partial charge on any atom is 0.251 e. The SMILES string of the molecule is Cc1ccc(C(C)NC(=O)c2cccc(S(=O)(=O)NCc3ccccc3)c2)o1. The topological polar surface area (TPSA) is 88.4 Å². The Labute approximate surface area is 164 Å². The van der Waals surface area contributed by atoms with Crippen molar-refractivity contribution in [3.63, 3.8) is 0 Å². The number of rotatable bonds is 7. The Bertz CT molecular complexity index is 1060. The molecule has 28 heavy (non-hydrogen) atoms. The van der Waals surface area contributed by atoms with Gasteiger partial charge in [0.2, 0.25) is 10.0 Å². The van der Waals surface area contributed by atoms with Crippen molar-refractivity contribution < 1.29 is 17.6 Å². The molecule has 2 aromatic carbocycles. The summed E-state index contributed by atoms with van der Waals surface area (Å²) in [6.07, 6.45) is 0. The molecule has 3 aromatic rings. The first-order valence-corrected chi connectivity index (χ1v) is 10.3. The third-order valence-corrected chi connectivity index (χ3v) is 5.65. The third-order valence-electron chi connectivity index (χ3n) is 4.25. The summed E-state index contributed by atoms with van der Waals surface area (Å²) in [6, 6.07) is 18.5. The van der Waals surface area contributed by atoms with Crippen LogP contribution in [-0.4, -0.2) is 14.3 Å². The van der Waals surface area contributed by atoms with Crippen LogP contribution in [-0.2, 0) is 16.6 Å². The van der Waals surface area contributed by atoms with E-state index in [-0.39, 0.29) is 29.0 Å². The van der Waals surface area contributed by atoms with Gasteiger partial charge in [0.1, 0.15) is 11.5 Å². The maximum atomic E-state index is 12.6. The van der Waals surface area contributed by atoms with Gasteiger partial charge in [-0.3, -0.25) is 4.79 Å². The van der Waals surface area contributed by atoms with E-state index in [9.17, 15) is 13.2 Å². The lowest BCUT2D eigenvalue weighted by Gasteiger charge is -2.12. The van der Waals surface area contributed by atoms with Crippen molar-refractivity contribution >= 4 is 15.9 Å². The zero-order chi connectivity index (χ0) is 20.1. The van der Waals surface area contributed by atoms with Crippen LogP contribution < -0.4 is 10.0 Å². The summed E-state index contributed by atoms with van der Waals surface area (Å²) in [6.45, 7) is 3.81. The summed E-state index contributed by atoms with van der Waals surface area (Å²) in [4.78, 5) is 12.6. The van der Waals surface area contributed by atoms with Crippen LogP contribution in [0.1, 0.15) is 40.4 Å². The Morgan fingerprint density at radius 3 is 2.46 bits per heavy atom. The van der Waals surface area contributed by atoms with Crippen molar-refractivity contribution in [2.24, 2.45) is 0 Å². The lowest BCUT2D eigenvalue weighted by molar-refractivity contribution is 0.0935. The molecule has 6 nitrogen and oxygen atoms in total. The Balaban J connectivity index is 1.71. The van der Waals surface area contributed by atoms with Crippen LogP contribution in [0.3, 0.4) is 0 Å². The number of furan rings is 1. The van der Waals surface area contributed by atoms with Gasteiger partial charge < -0.3 is 9.73 Å². The van der Waals surface area contributed by atoms with Crippen molar-refractivity contribution in [3.8, 4) is 0 Å². The fourth-order valence-corrected chi connectivity index (χ4v) is 3.76. The highest BCUT2D eigenvalue weighted by Crippen LogP contribution is 2.17. The zero-order valence-electron chi connectivity index (χ0n) is 15.7. The van der Waals surface area contributed by atoms with E-state index in [0.29, 0.717) is 5.76 Å². The second-order valence-corrected chi connectivity index (χ2v) is 8.25. The molecule has 0 aliphatic carbocycles. The second-order valence-electron chi connectivity index (χ2n) is 6.48. The molecule has 1 aromatic heterocycles. The van der Waals surface area contributed by atoms with Crippen LogP contribution in [0.2, 0.25) is 0 Å². The monoisotopic (exact) mass is 398 g/mol. The van der Waals surface area contributed by atoms with Gasteiger partial charge in [0.15, 0.2) is 0 Å². The van der Waals surface area contributed by atoms with Crippen molar-refractivity contribution in [1.29, 1.82) is 0 Å². The van der Waals surface area contributed by atoms with Gasteiger partial charge in [-0.2, -0.15) is 0 Å². The predicted octanol–water partition coefficient (Wildman–Crippen LogP) is 3.56. The predicted molar refractivity (Wildman–Crippen MR) is 106 cm³/mol. The Kier molecular flexibility index (Phi) is 5.96. The standard InChI is InChI=1S/C21H22N2O4S/c1-15-11-12-20(27-15)16(2)23-21(24)18-9-6-10-19(13-18)28(25,26)22-14-17-7-4-3-5-8-17/h3-13,16,22H,14H2,1-2H3,(H,23,24). The molecule has 0 saturated carbocycles. The minimum absolute atomic E-state index is 0.0394. The van der Waals surface area contributed by atoms with Crippen molar-refractivity contribution in [1.82, 2.24) is 10.0 Å². The van der Waals surface area contributed by atoms with Gasteiger partial charge in [0, 0.05) is 12.1 Å². The number of carbonyl (C=O) groups is 1. The molecule has 1 atom stereocenters. The average Bonchev–Trinajstić information content (AvgIpc) is 3.14. The molecule has 2 N–H and O–H groups in total. The molecule has 0 saturated heterocycles. The Hall–Kier alpha value is -2.90. The molecule has 1 heterocycles. The fourth-order valence-electron chi connectivity index (χ4n) is 2.70. The molecular weight excluding hydrogens is 376 g/mol. The molecule has 0 radical (unpaired) electrons. The summed E-state index contributed by atoms with van der Waals surface area (Å²) in [5.74, 6) is 1.02. The van der Waals surface area contributed by atoms with Crippen LogP contribution in [0.4, 0.5) is 0 Å². The van der Waals surface area contributed by atoms with Gasteiger partial charge in [-0.25, -0.2) is 13.1 Å². The first-order valence-electron chi connectivity index (χ1n) is 8.86. The zero-order valence-corrected chi connectivity index (χ0v) is 16.5. The van der Waals surface area contributed by atoms with E-state index in [0.717, 1.165) is 11.3 Å². The third kappa shape index (κ3) is 4.88. The molecule has 0 spiro atoms. The highest BCUT2D eigenvalue weighted by Gasteiger charge is 2.18. The molecule has 0 aliphatic rings. The van der Waals surface area contributed by atoms with Crippen LogP contribution in [0.25, 0.3) is 0 Å². The lowest BCUT2D eigenvalue weighted by atomic mass is 10.2. The lowest BCUT2D eigenvalue weighted by Crippen LogP contribution is -2.27. The van der Waals surface area contributed by atoms with E-state index in [1.54, 1.807) is 25.1 Å². The minimum Gasteiger partial charge on any atom is -0.464 e. The first kappa shape index (κ1) is 19.9. The van der Waals surface area contributed by atoms with Gasteiger partial charge in [-0.15, -0.1) is 0 Å². The van der Waals surface area contributed by atoms with Crippen molar-refractivity contribution in [3.05, 3.63) is 89.4 Å². The molecule has 0 bridgehead atoms. The molecule has 1 amide bonds. The summed E-state index contributed by atoms with van der Waals surface area (Å²) < 4.78 is 33.2. The number of hydrogen-bond acceptors (Lipinski definition) is 4. The quantitative estimate of drug-likeness (QED) is 0.637. The fraction of sp³-hybridized carbons (Fsp3) is 0.190.